The van der Waals surface area contributed by atoms with Gasteiger partial charge in [-0.25, -0.2) is 19.2 Å². The van der Waals surface area contributed by atoms with Crippen LogP contribution in [0.1, 0.15) is 13.8 Å². The Morgan fingerprint density at radius 3 is 1.91 bits per heavy atom. The standard InChI is InChI=1S/C24H26N2O8/c1-15(2)21(27)31-12-10-25-23(29)33-18-9-8-17-6-5-7-20(19(17)14-18)34-24(30)26-11-13-32-22(28)16(3)4/h5-9,14H,1,3,10-13H2,2,4H3,(H,25,29)(H,26,30). The van der Waals surface area contributed by atoms with E-state index < -0.39 is 24.1 Å². The largest absolute Gasteiger partial charge is 0.460 e. The second kappa shape index (κ2) is 12.6. The lowest BCUT2D eigenvalue weighted by Crippen LogP contribution is -2.31. The average Bonchev–Trinajstić information content (AvgIpc) is 2.79. The summed E-state index contributed by atoms with van der Waals surface area (Å²) in [6.07, 6.45) is -1.49. The van der Waals surface area contributed by atoms with Gasteiger partial charge in [0.05, 0.1) is 13.1 Å². The van der Waals surface area contributed by atoms with Crippen LogP contribution < -0.4 is 20.1 Å². The minimum Gasteiger partial charge on any atom is -0.460 e. The van der Waals surface area contributed by atoms with Gasteiger partial charge in [-0.05, 0) is 37.4 Å². The summed E-state index contributed by atoms with van der Waals surface area (Å²) in [7, 11) is 0. The van der Waals surface area contributed by atoms with E-state index in [1.54, 1.807) is 36.4 Å². The number of rotatable bonds is 10. The zero-order valence-electron chi connectivity index (χ0n) is 19.0. The van der Waals surface area contributed by atoms with Crippen LogP contribution in [0.5, 0.6) is 11.5 Å². The molecule has 2 aromatic rings. The summed E-state index contributed by atoms with van der Waals surface area (Å²) in [6, 6.07) is 9.93. The van der Waals surface area contributed by atoms with Gasteiger partial charge >= 0.3 is 24.1 Å². The zero-order valence-corrected chi connectivity index (χ0v) is 19.0. The highest BCUT2D eigenvalue weighted by atomic mass is 16.6. The van der Waals surface area contributed by atoms with Crippen molar-refractivity contribution in [2.45, 2.75) is 13.8 Å². The van der Waals surface area contributed by atoms with Gasteiger partial charge < -0.3 is 29.6 Å². The van der Waals surface area contributed by atoms with Gasteiger partial charge in [-0.3, -0.25) is 0 Å². The molecule has 0 radical (unpaired) electrons. The van der Waals surface area contributed by atoms with Gasteiger partial charge in [-0.2, -0.15) is 0 Å². The van der Waals surface area contributed by atoms with Crippen molar-refractivity contribution in [3.63, 3.8) is 0 Å². The number of benzene rings is 2. The number of fused-ring (bicyclic) bond motifs is 1. The molecule has 2 N–H and O–H groups in total. The summed E-state index contributed by atoms with van der Waals surface area (Å²) in [6.45, 7) is 10.0. The monoisotopic (exact) mass is 470 g/mol. The average molecular weight is 470 g/mol. The van der Waals surface area contributed by atoms with Crippen LogP contribution in [0.3, 0.4) is 0 Å². The summed E-state index contributed by atoms with van der Waals surface area (Å²) in [4.78, 5) is 46.7. The Hall–Kier alpha value is -4.34. The van der Waals surface area contributed by atoms with E-state index in [9.17, 15) is 19.2 Å². The summed E-state index contributed by atoms with van der Waals surface area (Å²) in [5.41, 5.74) is 0.521. The molecule has 0 aliphatic rings. The lowest BCUT2D eigenvalue weighted by atomic mass is 10.1. The van der Waals surface area contributed by atoms with Gasteiger partial charge in [-0.15, -0.1) is 0 Å². The molecule has 2 amide bonds. The second-order valence-electron chi connectivity index (χ2n) is 7.10. The predicted octanol–water partition coefficient (Wildman–Crippen LogP) is 3.26. The molecule has 180 valence electrons. The van der Waals surface area contributed by atoms with E-state index in [0.29, 0.717) is 5.39 Å². The molecule has 10 heteroatoms. The molecule has 0 aromatic heterocycles. The van der Waals surface area contributed by atoms with Gasteiger partial charge in [0.15, 0.2) is 0 Å². The maximum Gasteiger partial charge on any atom is 0.412 e. The van der Waals surface area contributed by atoms with E-state index in [0.717, 1.165) is 5.39 Å². The lowest BCUT2D eigenvalue weighted by molar-refractivity contribution is -0.139. The van der Waals surface area contributed by atoms with Gasteiger partial charge in [0.2, 0.25) is 0 Å². The molecule has 0 fully saturated rings. The van der Waals surface area contributed by atoms with E-state index in [4.69, 9.17) is 18.9 Å². The number of carbonyl (C=O) groups is 4. The first-order chi connectivity index (χ1) is 16.2. The van der Waals surface area contributed by atoms with Crippen molar-refractivity contribution in [3.8, 4) is 11.5 Å². The van der Waals surface area contributed by atoms with Crippen LogP contribution in [0.4, 0.5) is 9.59 Å². The van der Waals surface area contributed by atoms with Crippen LogP contribution in [0.15, 0.2) is 60.7 Å². The maximum atomic E-state index is 12.1. The molecule has 0 atom stereocenters. The number of esters is 2. The Labute approximate surface area is 196 Å². The van der Waals surface area contributed by atoms with Crippen LogP contribution in [-0.2, 0) is 19.1 Å². The number of hydrogen-bond acceptors (Lipinski definition) is 8. The number of hydrogen-bond donors (Lipinski definition) is 2. The van der Waals surface area contributed by atoms with E-state index in [2.05, 4.69) is 23.8 Å². The molecule has 0 aliphatic heterocycles. The van der Waals surface area contributed by atoms with E-state index in [-0.39, 0.29) is 48.9 Å². The predicted molar refractivity (Wildman–Crippen MR) is 124 cm³/mol. The summed E-state index contributed by atoms with van der Waals surface area (Å²) in [5.74, 6) is -0.638. The SMILES string of the molecule is C=C(C)C(=O)OCCNC(=O)Oc1ccc2cccc(OC(=O)NCCOC(=O)C(=C)C)c2c1. The molecule has 0 aliphatic carbocycles. The molecular formula is C24H26N2O8. The summed E-state index contributed by atoms with van der Waals surface area (Å²) in [5, 5.41) is 6.22. The molecule has 0 unspecified atom stereocenters. The number of carbonyl (C=O) groups excluding carboxylic acids is 4. The van der Waals surface area contributed by atoms with E-state index in [1.165, 1.54) is 13.8 Å². The smallest absolute Gasteiger partial charge is 0.412 e. The van der Waals surface area contributed by atoms with Crippen molar-refractivity contribution in [1.82, 2.24) is 10.6 Å². The molecule has 0 bridgehead atoms. The number of ether oxygens (including phenoxy) is 4. The van der Waals surface area contributed by atoms with Crippen molar-refractivity contribution in [3.05, 3.63) is 60.7 Å². The third kappa shape index (κ3) is 8.30. The molecular weight excluding hydrogens is 444 g/mol. The molecule has 0 saturated heterocycles. The highest BCUT2D eigenvalue weighted by molar-refractivity contribution is 5.92. The Balaban J connectivity index is 1.91. The third-order valence-electron chi connectivity index (χ3n) is 4.13. The zero-order chi connectivity index (χ0) is 25.1. The maximum absolute atomic E-state index is 12.1. The van der Waals surface area contributed by atoms with Gasteiger partial charge in [0.1, 0.15) is 24.7 Å². The molecule has 10 nitrogen and oxygen atoms in total. The molecule has 2 rings (SSSR count). The fourth-order valence-corrected chi connectivity index (χ4v) is 2.49. The fourth-order valence-electron chi connectivity index (χ4n) is 2.49. The minimum absolute atomic E-state index is 0.0298. The molecule has 2 aromatic carbocycles. The van der Waals surface area contributed by atoms with Crippen LogP contribution in [-0.4, -0.2) is 50.4 Å². The topological polar surface area (TPSA) is 129 Å². The Kier molecular flexibility index (Phi) is 9.63. The fraction of sp³-hybridized carbons (Fsp3) is 0.250. The van der Waals surface area contributed by atoms with Gasteiger partial charge in [-0.1, -0.05) is 31.4 Å². The number of amides is 2. The minimum atomic E-state index is -0.744. The first-order valence-corrected chi connectivity index (χ1v) is 10.3. The van der Waals surface area contributed by atoms with E-state index >= 15 is 0 Å². The Bertz CT molecular complexity index is 1110. The van der Waals surface area contributed by atoms with Crippen molar-refractivity contribution in [2.75, 3.05) is 26.3 Å². The van der Waals surface area contributed by atoms with Gasteiger partial charge in [0.25, 0.3) is 0 Å². The Morgan fingerprint density at radius 2 is 1.35 bits per heavy atom. The van der Waals surface area contributed by atoms with Crippen molar-refractivity contribution < 1.29 is 38.1 Å². The number of nitrogens with one attached hydrogen (secondary N) is 2. The van der Waals surface area contributed by atoms with Crippen LogP contribution in [0, 0.1) is 0 Å². The van der Waals surface area contributed by atoms with E-state index in [1.807, 2.05) is 0 Å². The van der Waals surface area contributed by atoms with Crippen molar-refractivity contribution in [2.24, 2.45) is 0 Å². The van der Waals surface area contributed by atoms with Crippen LogP contribution >= 0.6 is 0 Å². The Morgan fingerprint density at radius 1 is 0.794 bits per heavy atom. The molecule has 0 saturated carbocycles. The summed E-state index contributed by atoms with van der Waals surface area (Å²) < 4.78 is 20.4. The van der Waals surface area contributed by atoms with Crippen molar-refractivity contribution in [1.29, 1.82) is 0 Å². The highest BCUT2D eigenvalue weighted by Gasteiger charge is 2.11. The van der Waals surface area contributed by atoms with Crippen LogP contribution in [0.25, 0.3) is 10.8 Å². The molecule has 0 spiro atoms. The molecule has 34 heavy (non-hydrogen) atoms. The lowest BCUT2D eigenvalue weighted by Gasteiger charge is -2.11. The van der Waals surface area contributed by atoms with Gasteiger partial charge in [0, 0.05) is 16.5 Å². The van der Waals surface area contributed by atoms with Crippen LogP contribution in [0.2, 0.25) is 0 Å². The third-order valence-corrected chi connectivity index (χ3v) is 4.13. The quantitative estimate of drug-likeness (QED) is 0.308. The highest BCUT2D eigenvalue weighted by Crippen LogP contribution is 2.29. The second-order valence-corrected chi connectivity index (χ2v) is 7.10. The first-order valence-electron chi connectivity index (χ1n) is 10.3. The summed E-state index contributed by atoms with van der Waals surface area (Å²) >= 11 is 0. The van der Waals surface area contributed by atoms with Crippen molar-refractivity contribution >= 4 is 34.9 Å². The normalized spacial score (nSPS) is 10.1. The first kappa shape index (κ1) is 25.9. The molecule has 0 heterocycles.